The van der Waals surface area contributed by atoms with Crippen LogP contribution in [-0.2, 0) is 0 Å². The molecule has 3 aromatic carbocycles. The van der Waals surface area contributed by atoms with Crippen molar-refractivity contribution in [1.29, 1.82) is 0 Å². The molecule has 1 N–H and O–H groups in total. The minimum absolute atomic E-state index is 0.706. The van der Waals surface area contributed by atoms with Gasteiger partial charge in [-0.05, 0) is 61.7 Å². The zero-order valence-corrected chi connectivity index (χ0v) is 19.0. The molecule has 5 heteroatoms. The average molecular weight is 439 g/mol. The summed E-state index contributed by atoms with van der Waals surface area (Å²) in [5.74, 6) is 0.863. The lowest BCUT2D eigenvalue weighted by molar-refractivity contribution is 0.926. The van der Waals surface area contributed by atoms with E-state index in [0.717, 1.165) is 45.2 Å². The normalized spacial score (nSPS) is 11.1. The van der Waals surface area contributed by atoms with Gasteiger partial charge in [0.2, 0.25) is 0 Å². The fraction of sp³-hybridized carbons (Fsp3) is 0.111. The average Bonchev–Trinajstić information content (AvgIpc) is 3.10. The molecule has 5 aromatic rings. The minimum Gasteiger partial charge on any atom is -0.340 e. The van der Waals surface area contributed by atoms with Gasteiger partial charge in [0, 0.05) is 27.9 Å². The first-order valence-electron chi connectivity index (χ1n) is 10.5. The van der Waals surface area contributed by atoms with Crippen molar-refractivity contribution in [3.8, 4) is 22.4 Å². The number of nitrogens with zero attached hydrogens (tertiary/aromatic N) is 3. The van der Waals surface area contributed by atoms with Crippen molar-refractivity contribution in [2.45, 2.75) is 20.8 Å². The second kappa shape index (κ2) is 8.13. The van der Waals surface area contributed by atoms with Crippen LogP contribution in [0.5, 0.6) is 0 Å². The quantitative estimate of drug-likeness (QED) is 0.318. The number of fused-ring (bicyclic) bond motifs is 1. The molecule has 0 aliphatic heterocycles. The number of halogens is 1. The van der Waals surface area contributed by atoms with E-state index in [2.05, 4.69) is 55.6 Å². The molecule has 0 atom stereocenters. The standard InChI is InChI=1S/C27H23ClN4/c1-17-13-18(2)15-23(14-17)29-25-16-24(20-7-5-4-6-8-20)30-27-26(19(3)31-32(25)27)21-9-11-22(28)12-10-21/h4-16,29H,1-3H3. The minimum atomic E-state index is 0.706. The first kappa shape index (κ1) is 20.3. The van der Waals surface area contributed by atoms with Crippen LogP contribution in [0, 0.1) is 20.8 Å². The molecule has 0 saturated heterocycles. The largest absolute Gasteiger partial charge is 0.340 e. The van der Waals surface area contributed by atoms with Crippen LogP contribution in [0.1, 0.15) is 16.8 Å². The summed E-state index contributed by atoms with van der Waals surface area (Å²) in [5.41, 5.74) is 9.14. The Balaban J connectivity index is 1.75. The highest BCUT2D eigenvalue weighted by Gasteiger charge is 2.18. The highest BCUT2D eigenvalue weighted by Crippen LogP contribution is 2.33. The molecule has 2 heterocycles. The summed E-state index contributed by atoms with van der Waals surface area (Å²) in [6, 6.07) is 26.5. The fourth-order valence-electron chi connectivity index (χ4n) is 4.12. The van der Waals surface area contributed by atoms with E-state index >= 15 is 0 Å². The van der Waals surface area contributed by atoms with Gasteiger partial charge in [0.25, 0.3) is 0 Å². The smallest absolute Gasteiger partial charge is 0.166 e. The van der Waals surface area contributed by atoms with E-state index in [-0.39, 0.29) is 0 Å². The number of anilines is 2. The van der Waals surface area contributed by atoms with Gasteiger partial charge in [0.15, 0.2) is 5.65 Å². The molecule has 0 aliphatic carbocycles. The third-order valence-corrected chi connectivity index (χ3v) is 5.71. The van der Waals surface area contributed by atoms with E-state index in [1.54, 1.807) is 0 Å². The zero-order valence-electron chi connectivity index (χ0n) is 18.2. The molecule has 0 saturated carbocycles. The highest BCUT2D eigenvalue weighted by molar-refractivity contribution is 6.30. The van der Waals surface area contributed by atoms with Crippen LogP contribution in [0.2, 0.25) is 5.02 Å². The van der Waals surface area contributed by atoms with Crippen LogP contribution in [0.15, 0.2) is 78.9 Å². The number of hydrogen-bond donors (Lipinski definition) is 1. The number of benzene rings is 3. The first-order valence-corrected chi connectivity index (χ1v) is 10.9. The predicted octanol–water partition coefficient (Wildman–Crippen LogP) is 7.39. The predicted molar refractivity (Wildman–Crippen MR) is 133 cm³/mol. The molecule has 2 aromatic heterocycles. The Morgan fingerprint density at radius 3 is 2.16 bits per heavy atom. The number of nitrogens with one attached hydrogen (secondary N) is 1. The number of rotatable bonds is 4. The maximum atomic E-state index is 6.13. The number of aromatic nitrogens is 3. The van der Waals surface area contributed by atoms with Gasteiger partial charge in [0.05, 0.1) is 11.4 Å². The monoisotopic (exact) mass is 438 g/mol. The number of hydrogen-bond acceptors (Lipinski definition) is 3. The van der Waals surface area contributed by atoms with E-state index < -0.39 is 0 Å². The Morgan fingerprint density at radius 1 is 0.781 bits per heavy atom. The van der Waals surface area contributed by atoms with Crippen molar-refractivity contribution in [2.24, 2.45) is 0 Å². The molecule has 0 amide bonds. The van der Waals surface area contributed by atoms with Crippen molar-refractivity contribution >= 4 is 28.8 Å². The molecule has 0 spiro atoms. The van der Waals surface area contributed by atoms with Gasteiger partial charge in [-0.3, -0.25) is 0 Å². The third kappa shape index (κ3) is 3.85. The molecule has 0 bridgehead atoms. The van der Waals surface area contributed by atoms with E-state index in [1.807, 2.05) is 53.9 Å². The van der Waals surface area contributed by atoms with Gasteiger partial charge in [-0.2, -0.15) is 9.61 Å². The van der Waals surface area contributed by atoms with Gasteiger partial charge in [-0.25, -0.2) is 4.98 Å². The summed E-state index contributed by atoms with van der Waals surface area (Å²) in [6.07, 6.45) is 0. The van der Waals surface area contributed by atoms with Crippen molar-refractivity contribution < 1.29 is 0 Å². The lowest BCUT2D eigenvalue weighted by Gasteiger charge is -2.13. The van der Waals surface area contributed by atoms with Crippen LogP contribution in [-0.4, -0.2) is 14.6 Å². The van der Waals surface area contributed by atoms with Crippen molar-refractivity contribution in [2.75, 3.05) is 5.32 Å². The van der Waals surface area contributed by atoms with Gasteiger partial charge in [-0.15, -0.1) is 0 Å². The van der Waals surface area contributed by atoms with Gasteiger partial charge in [-0.1, -0.05) is 60.1 Å². The Labute approximate surface area is 192 Å². The molecule has 0 unspecified atom stereocenters. The maximum Gasteiger partial charge on any atom is 0.166 e. The Bertz CT molecular complexity index is 1400. The lowest BCUT2D eigenvalue weighted by Crippen LogP contribution is -2.03. The molecule has 32 heavy (non-hydrogen) atoms. The van der Waals surface area contributed by atoms with Gasteiger partial charge in [0.1, 0.15) is 5.82 Å². The number of aryl methyl sites for hydroxylation is 3. The maximum absolute atomic E-state index is 6.13. The van der Waals surface area contributed by atoms with Crippen LogP contribution in [0.3, 0.4) is 0 Å². The topological polar surface area (TPSA) is 42.2 Å². The van der Waals surface area contributed by atoms with E-state index in [4.69, 9.17) is 21.7 Å². The second-order valence-electron chi connectivity index (χ2n) is 8.10. The van der Waals surface area contributed by atoms with E-state index in [0.29, 0.717) is 5.02 Å². The molecule has 0 radical (unpaired) electrons. The fourth-order valence-corrected chi connectivity index (χ4v) is 4.24. The van der Waals surface area contributed by atoms with Crippen LogP contribution in [0.4, 0.5) is 11.5 Å². The molecular formula is C27H23ClN4. The summed E-state index contributed by atoms with van der Waals surface area (Å²) in [7, 11) is 0. The third-order valence-electron chi connectivity index (χ3n) is 5.46. The van der Waals surface area contributed by atoms with Crippen LogP contribution in [0.25, 0.3) is 28.0 Å². The first-order chi connectivity index (χ1) is 15.5. The Morgan fingerprint density at radius 2 is 1.47 bits per heavy atom. The van der Waals surface area contributed by atoms with Crippen molar-refractivity contribution in [3.05, 3.63) is 101 Å². The summed E-state index contributed by atoms with van der Waals surface area (Å²) in [5, 5.41) is 9.13. The van der Waals surface area contributed by atoms with Gasteiger partial charge < -0.3 is 5.32 Å². The van der Waals surface area contributed by atoms with Crippen molar-refractivity contribution in [1.82, 2.24) is 14.6 Å². The Hall–Kier alpha value is -3.63. The Kier molecular flexibility index (Phi) is 5.16. The van der Waals surface area contributed by atoms with Crippen LogP contribution >= 0.6 is 11.6 Å². The van der Waals surface area contributed by atoms with E-state index in [9.17, 15) is 0 Å². The molecule has 158 valence electrons. The zero-order chi connectivity index (χ0) is 22.2. The lowest BCUT2D eigenvalue weighted by atomic mass is 10.1. The molecule has 0 fully saturated rings. The summed E-state index contributed by atoms with van der Waals surface area (Å²) in [6.45, 7) is 6.22. The molecular weight excluding hydrogens is 416 g/mol. The SMILES string of the molecule is Cc1cc(C)cc(Nc2cc(-c3ccccc3)nc3c(-c4ccc(Cl)cc4)c(C)nn23)c1. The summed E-state index contributed by atoms with van der Waals surface area (Å²) < 4.78 is 1.89. The summed E-state index contributed by atoms with van der Waals surface area (Å²) in [4.78, 5) is 5.03. The van der Waals surface area contributed by atoms with Gasteiger partial charge >= 0.3 is 0 Å². The van der Waals surface area contributed by atoms with E-state index in [1.165, 1.54) is 11.1 Å². The molecule has 0 aliphatic rings. The highest BCUT2D eigenvalue weighted by atomic mass is 35.5. The van der Waals surface area contributed by atoms with Crippen molar-refractivity contribution in [3.63, 3.8) is 0 Å². The molecule has 4 nitrogen and oxygen atoms in total. The summed E-state index contributed by atoms with van der Waals surface area (Å²) >= 11 is 6.13. The second-order valence-corrected chi connectivity index (χ2v) is 8.53. The molecule has 5 rings (SSSR count). The van der Waals surface area contributed by atoms with Crippen LogP contribution < -0.4 is 5.32 Å².